The first-order valence-corrected chi connectivity index (χ1v) is 13.0. The molecule has 2 N–H and O–H groups in total. The number of ether oxygens (including phenoxy) is 4. The maximum atomic E-state index is 13.2. The van der Waals surface area contributed by atoms with Crippen molar-refractivity contribution in [3.8, 4) is 34.1 Å². The van der Waals surface area contributed by atoms with E-state index in [9.17, 15) is 4.79 Å². The lowest BCUT2D eigenvalue weighted by molar-refractivity contribution is -0.123. The van der Waals surface area contributed by atoms with Gasteiger partial charge in [0.1, 0.15) is 5.82 Å². The molecule has 3 heterocycles. The molecule has 1 fully saturated rings. The van der Waals surface area contributed by atoms with Gasteiger partial charge in [0.15, 0.2) is 23.0 Å². The van der Waals surface area contributed by atoms with E-state index in [1.165, 1.54) is 0 Å². The maximum Gasteiger partial charge on any atom is 0.231 e. The zero-order valence-corrected chi connectivity index (χ0v) is 22.1. The number of carbonyl (C=O) groups is 1. The molecular weight excluding hydrogens is 484 g/mol. The van der Waals surface area contributed by atoms with Crippen LogP contribution in [-0.4, -0.2) is 50.0 Å². The Kier molecular flexibility index (Phi) is 7.64. The molecule has 1 aromatic heterocycles. The number of carbonyl (C=O) groups excluding carboxylic acids is 1. The Morgan fingerprint density at radius 1 is 1.05 bits per heavy atom. The van der Waals surface area contributed by atoms with Crippen molar-refractivity contribution in [3.05, 3.63) is 60.2 Å². The molecule has 200 valence electrons. The van der Waals surface area contributed by atoms with Crippen molar-refractivity contribution in [2.75, 3.05) is 34.1 Å². The average Bonchev–Trinajstić information content (AvgIpc) is 3.44. The van der Waals surface area contributed by atoms with Gasteiger partial charge in [-0.05, 0) is 67.6 Å². The van der Waals surface area contributed by atoms with Gasteiger partial charge in [-0.3, -0.25) is 4.79 Å². The molecule has 9 heteroatoms. The first-order valence-electron chi connectivity index (χ1n) is 13.0. The number of aromatic nitrogens is 2. The molecule has 3 aromatic rings. The summed E-state index contributed by atoms with van der Waals surface area (Å²) in [6, 6.07) is 11.6. The van der Waals surface area contributed by atoms with Crippen molar-refractivity contribution in [2.45, 2.75) is 38.1 Å². The van der Waals surface area contributed by atoms with Crippen LogP contribution in [0.15, 0.2) is 48.8 Å². The van der Waals surface area contributed by atoms with Gasteiger partial charge in [-0.2, -0.15) is 0 Å². The second kappa shape index (κ2) is 11.3. The van der Waals surface area contributed by atoms with Gasteiger partial charge in [-0.15, -0.1) is 0 Å². The molecule has 38 heavy (non-hydrogen) atoms. The third kappa shape index (κ3) is 5.38. The highest BCUT2D eigenvalue weighted by Gasteiger charge is 2.38. The summed E-state index contributed by atoms with van der Waals surface area (Å²) in [5, 5.41) is 6.83. The third-order valence-corrected chi connectivity index (χ3v) is 7.48. The summed E-state index contributed by atoms with van der Waals surface area (Å²) >= 11 is 0. The standard InChI is InChI=1S/C29H34N4O5/c1-29(22-5-4-12-30-17-22,21-7-9-24-26(14-21)38-18-37-24)33-28(34)11-10-27-31-15-20(16-32-27)19-6-8-23(35-2)25(13-19)36-3/h6-9,13-16,22,30H,4-5,10-12,17-18H2,1-3H3,(H,33,34). The highest BCUT2D eigenvalue weighted by Crippen LogP contribution is 2.40. The van der Waals surface area contributed by atoms with Crippen LogP contribution in [0.3, 0.4) is 0 Å². The zero-order valence-electron chi connectivity index (χ0n) is 22.1. The zero-order chi connectivity index (χ0) is 26.5. The number of benzene rings is 2. The number of fused-ring (bicyclic) bond motifs is 1. The van der Waals surface area contributed by atoms with E-state index in [0.717, 1.165) is 54.1 Å². The third-order valence-electron chi connectivity index (χ3n) is 7.48. The lowest BCUT2D eigenvalue weighted by Crippen LogP contribution is -2.53. The van der Waals surface area contributed by atoms with Gasteiger partial charge >= 0.3 is 0 Å². The lowest BCUT2D eigenvalue weighted by Gasteiger charge is -2.41. The molecule has 2 aliphatic heterocycles. The lowest BCUT2D eigenvalue weighted by atomic mass is 9.75. The molecule has 0 radical (unpaired) electrons. The Balaban J connectivity index is 1.26. The Hall–Kier alpha value is -3.85. The predicted octanol–water partition coefficient (Wildman–Crippen LogP) is 3.85. The normalized spacial score (nSPS) is 17.9. The summed E-state index contributed by atoms with van der Waals surface area (Å²) in [7, 11) is 3.21. The van der Waals surface area contributed by atoms with Gasteiger partial charge in [0.2, 0.25) is 12.7 Å². The van der Waals surface area contributed by atoms with Crippen molar-refractivity contribution >= 4 is 5.91 Å². The van der Waals surface area contributed by atoms with Gasteiger partial charge in [0, 0.05) is 37.3 Å². The van der Waals surface area contributed by atoms with Gasteiger partial charge in [0.05, 0.1) is 19.8 Å². The summed E-state index contributed by atoms with van der Waals surface area (Å²) in [5.74, 6) is 3.59. The molecule has 2 aliphatic rings. The van der Waals surface area contributed by atoms with E-state index in [-0.39, 0.29) is 25.0 Å². The van der Waals surface area contributed by atoms with Gasteiger partial charge in [0.25, 0.3) is 0 Å². The molecule has 9 nitrogen and oxygen atoms in total. The number of methoxy groups -OCH3 is 2. The van der Waals surface area contributed by atoms with Crippen molar-refractivity contribution in [2.24, 2.45) is 5.92 Å². The van der Waals surface area contributed by atoms with E-state index >= 15 is 0 Å². The van der Waals surface area contributed by atoms with Gasteiger partial charge < -0.3 is 29.6 Å². The monoisotopic (exact) mass is 518 g/mol. The fourth-order valence-corrected chi connectivity index (χ4v) is 5.20. The van der Waals surface area contributed by atoms with Gasteiger partial charge in [-0.25, -0.2) is 9.97 Å². The van der Waals surface area contributed by atoms with Crippen LogP contribution in [0.25, 0.3) is 11.1 Å². The van der Waals surface area contributed by atoms with Crippen LogP contribution in [-0.2, 0) is 16.8 Å². The first-order chi connectivity index (χ1) is 18.5. The second-order valence-corrected chi connectivity index (χ2v) is 9.82. The molecule has 2 unspecified atom stereocenters. The Labute approximate surface area is 222 Å². The molecule has 2 atom stereocenters. The molecule has 0 saturated carbocycles. The van der Waals surface area contributed by atoms with Crippen LogP contribution in [0.1, 0.15) is 37.6 Å². The summed E-state index contributed by atoms with van der Waals surface area (Å²) in [6.45, 7) is 4.16. The Morgan fingerprint density at radius 2 is 1.84 bits per heavy atom. The Morgan fingerprint density at radius 3 is 2.58 bits per heavy atom. The molecule has 1 saturated heterocycles. The van der Waals surface area contributed by atoms with E-state index in [2.05, 4.69) is 27.5 Å². The molecule has 2 aromatic carbocycles. The number of nitrogens with zero attached hydrogens (tertiary/aromatic N) is 2. The summed E-state index contributed by atoms with van der Waals surface area (Å²) in [4.78, 5) is 22.2. The quantitative estimate of drug-likeness (QED) is 0.440. The van der Waals surface area contributed by atoms with Crippen molar-refractivity contribution in [1.29, 1.82) is 0 Å². The maximum absolute atomic E-state index is 13.2. The van der Waals surface area contributed by atoms with E-state index in [1.54, 1.807) is 26.6 Å². The summed E-state index contributed by atoms with van der Waals surface area (Å²) in [5.41, 5.74) is 2.25. The average molecular weight is 519 g/mol. The van der Waals surface area contributed by atoms with E-state index in [0.29, 0.717) is 23.7 Å². The van der Waals surface area contributed by atoms with Crippen LogP contribution in [0, 0.1) is 5.92 Å². The van der Waals surface area contributed by atoms with Crippen molar-refractivity contribution in [1.82, 2.24) is 20.6 Å². The van der Waals surface area contributed by atoms with E-state index in [4.69, 9.17) is 18.9 Å². The molecular formula is C29H34N4O5. The highest BCUT2D eigenvalue weighted by molar-refractivity contribution is 5.77. The van der Waals surface area contributed by atoms with Crippen LogP contribution in [0.4, 0.5) is 0 Å². The fraction of sp³-hybridized carbons (Fsp3) is 0.414. The molecule has 0 bridgehead atoms. The minimum absolute atomic E-state index is 0.0386. The highest BCUT2D eigenvalue weighted by atomic mass is 16.7. The number of nitrogens with one attached hydrogen (secondary N) is 2. The van der Waals surface area contributed by atoms with Crippen LogP contribution in [0.5, 0.6) is 23.0 Å². The summed E-state index contributed by atoms with van der Waals surface area (Å²) in [6.07, 6.45) is 6.37. The van der Waals surface area contributed by atoms with Gasteiger partial charge in [-0.1, -0.05) is 12.1 Å². The predicted molar refractivity (Wildman–Crippen MR) is 143 cm³/mol. The summed E-state index contributed by atoms with van der Waals surface area (Å²) < 4.78 is 21.8. The largest absolute Gasteiger partial charge is 0.493 e. The second-order valence-electron chi connectivity index (χ2n) is 9.82. The number of hydrogen-bond acceptors (Lipinski definition) is 8. The number of aryl methyl sites for hydroxylation is 1. The number of hydrogen-bond donors (Lipinski definition) is 2. The number of amides is 1. The SMILES string of the molecule is COc1ccc(-c2cnc(CCC(=O)NC(C)(c3ccc4c(c3)OCO4)C3CCCNC3)nc2)cc1OC. The number of rotatable bonds is 9. The minimum Gasteiger partial charge on any atom is -0.493 e. The van der Waals surface area contributed by atoms with Crippen LogP contribution in [0.2, 0.25) is 0 Å². The van der Waals surface area contributed by atoms with Crippen molar-refractivity contribution in [3.63, 3.8) is 0 Å². The fourth-order valence-electron chi connectivity index (χ4n) is 5.20. The van der Waals surface area contributed by atoms with Crippen LogP contribution < -0.4 is 29.6 Å². The molecule has 0 spiro atoms. The van der Waals surface area contributed by atoms with Crippen molar-refractivity contribution < 1.29 is 23.7 Å². The molecule has 5 rings (SSSR count). The molecule has 1 amide bonds. The van der Waals surface area contributed by atoms with E-state index in [1.807, 2.05) is 36.4 Å². The Bertz CT molecular complexity index is 1280. The molecule has 0 aliphatic carbocycles. The number of piperidine rings is 1. The first kappa shape index (κ1) is 25.8. The minimum atomic E-state index is -0.552. The smallest absolute Gasteiger partial charge is 0.231 e. The van der Waals surface area contributed by atoms with Crippen LogP contribution >= 0.6 is 0 Å². The topological polar surface area (TPSA) is 104 Å². The van der Waals surface area contributed by atoms with E-state index < -0.39 is 5.54 Å².